The van der Waals surface area contributed by atoms with Crippen molar-refractivity contribution in [1.82, 2.24) is 15.0 Å². The van der Waals surface area contributed by atoms with Crippen LogP contribution in [0.25, 0.3) is 0 Å². The predicted molar refractivity (Wildman–Crippen MR) is 69.1 cm³/mol. The number of rotatable bonds is 3. The van der Waals surface area contributed by atoms with Crippen molar-refractivity contribution in [3.05, 3.63) is 11.7 Å². The molecule has 2 fully saturated rings. The summed E-state index contributed by atoms with van der Waals surface area (Å²) in [6.45, 7) is 4.12. The smallest absolute Gasteiger partial charge is 0.240 e. The summed E-state index contributed by atoms with van der Waals surface area (Å²) in [4.78, 5) is 7.02. The maximum atomic E-state index is 5.34. The molecule has 1 aliphatic carbocycles. The van der Waals surface area contributed by atoms with Gasteiger partial charge in [0.15, 0.2) is 5.82 Å². The van der Waals surface area contributed by atoms with Crippen molar-refractivity contribution >= 4 is 0 Å². The lowest BCUT2D eigenvalue weighted by atomic mass is 9.78. The average Bonchev–Trinajstić information content (AvgIpc) is 2.87. The number of piperidine rings is 1. The second-order valence-electron chi connectivity index (χ2n) is 5.68. The number of hydrogen-bond acceptors (Lipinski definition) is 4. The predicted octanol–water partition coefficient (Wildman–Crippen LogP) is 2.79. The summed E-state index contributed by atoms with van der Waals surface area (Å²) in [6.07, 6.45) is 9.21. The van der Waals surface area contributed by atoms with Gasteiger partial charge in [-0.3, -0.25) is 4.90 Å². The Kier molecular flexibility index (Phi) is 3.64. The third kappa shape index (κ3) is 2.44. The molecule has 0 unspecified atom stereocenters. The van der Waals surface area contributed by atoms with Crippen LogP contribution in [0.4, 0.5) is 0 Å². The van der Waals surface area contributed by atoms with Crippen LogP contribution < -0.4 is 0 Å². The maximum absolute atomic E-state index is 5.34. The van der Waals surface area contributed by atoms with Gasteiger partial charge >= 0.3 is 0 Å². The Hall–Kier alpha value is -0.900. The lowest BCUT2D eigenvalue weighted by Crippen LogP contribution is -2.46. The highest BCUT2D eigenvalue weighted by atomic mass is 16.5. The largest absolute Gasteiger partial charge is 0.338 e. The summed E-state index contributed by atoms with van der Waals surface area (Å²) >= 11 is 0. The molecule has 0 aromatic carbocycles. The van der Waals surface area contributed by atoms with Crippen LogP contribution in [0.2, 0.25) is 0 Å². The van der Waals surface area contributed by atoms with Crippen molar-refractivity contribution in [3.63, 3.8) is 0 Å². The quantitative estimate of drug-likeness (QED) is 0.826. The first kappa shape index (κ1) is 12.2. The molecule has 2 aliphatic rings. The van der Waals surface area contributed by atoms with E-state index >= 15 is 0 Å². The molecule has 4 heteroatoms. The highest BCUT2D eigenvalue weighted by Gasteiger charge is 2.33. The second kappa shape index (κ2) is 5.39. The first-order chi connectivity index (χ1) is 8.86. The van der Waals surface area contributed by atoms with E-state index in [1.807, 2.05) is 0 Å². The van der Waals surface area contributed by atoms with Crippen LogP contribution in [0.3, 0.4) is 0 Å². The summed E-state index contributed by atoms with van der Waals surface area (Å²) in [5.41, 5.74) is 0. The Labute approximate surface area is 109 Å². The standard InChI is InChI=1S/C14H23N3O/c1-2-13-15-14(18-16-13)10-17-9-5-7-11-6-3-4-8-12(11)17/h11-12H,2-10H2,1H3/t11-,12+/m0/s1. The third-order valence-electron chi connectivity index (χ3n) is 4.52. The molecule has 2 heterocycles. The van der Waals surface area contributed by atoms with Crippen LogP contribution in [-0.2, 0) is 13.0 Å². The Bertz CT molecular complexity index is 388. The van der Waals surface area contributed by atoms with Gasteiger partial charge in [0.1, 0.15) is 0 Å². The van der Waals surface area contributed by atoms with Gasteiger partial charge in [-0.15, -0.1) is 0 Å². The monoisotopic (exact) mass is 249 g/mol. The Balaban J connectivity index is 1.66. The Morgan fingerprint density at radius 2 is 2.06 bits per heavy atom. The summed E-state index contributed by atoms with van der Waals surface area (Å²) < 4.78 is 5.34. The fourth-order valence-corrected chi connectivity index (χ4v) is 3.60. The zero-order chi connectivity index (χ0) is 12.4. The molecule has 1 aliphatic heterocycles. The van der Waals surface area contributed by atoms with Gasteiger partial charge in [-0.1, -0.05) is 24.9 Å². The molecule has 0 amide bonds. The van der Waals surface area contributed by atoms with Crippen molar-refractivity contribution in [2.45, 2.75) is 64.5 Å². The first-order valence-corrected chi connectivity index (χ1v) is 7.42. The van der Waals surface area contributed by atoms with Crippen molar-refractivity contribution in [3.8, 4) is 0 Å². The fourth-order valence-electron chi connectivity index (χ4n) is 3.60. The van der Waals surface area contributed by atoms with Gasteiger partial charge in [0.05, 0.1) is 6.54 Å². The normalized spacial score (nSPS) is 29.2. The van der Waals surface area contributed by atoms with E-state index in [1.54, 1.807) is 0 Å². The van der Waals surface area contributed by atoms with Gasteiger partial charge in [-0.25, -0.2) is 0 Å². The summed E-state index contributed by atoms with van der Waals surface area (Å²) in [7, 11) is 0. The first-order valence-electron chi connectivity index (χ1n) is 7.42. The summed E-state index contributed by atoms with van der Waals surface area (Å²) in [5, 5.41) is 3.99. The molecule has 4 nitrogen and oxygen atoms in total. The Morgan fingerprint density at radius 3 is 2.89 bits per heavy atom. The van der Waals surface area contributed by atoms with E-state index in [0.29, 0.717) is 0 Å². The summed E-state index contributed by atoms with van der Waals surface area (Å²) in [5.74, 6) is 2.56. The fraction of sp³-hybridized carbons (Fsp3) is 0.857. The van der Waals surface area contributed by atoms with Crippen molar-refractivity contribution in [2.24, 2.45) is 5.92 Å². The van der Waals surface area contributed by atoms with Crippen LogP contribution in [-0.4, -0.2) is 27.6 Å². The SMILES string of the molecule is CCc1noc(CN2CCC[C@@H]3CCCC[C@H]32)n1. The number of nitrogens with zero attached hydrogens (tertiary/aromatic N) is 3. The van der Waals surface area contributed by atoms with E-state index in [-0.39, 0.29) is 0 Å². The zero-order valence-corrected chi connectivity index (χ0v) is 11.3. The molecule has 0 bridgehead atoms. The Morgan fingerprint density at radius 1 is 1.22 bits per heavy atom. The summed E-state index contributed by atoms with van der Waals surface area (Å²) in [6, 6.07) is 0.768. The minimum Gasteiger partial charge on any atom is -0.338 e. The van der Waals surface area contributed by atoms with Crippen molar-refractivity contribution in [1.29, 1.82) is 0 Å². The third-order valence-corrected chi connectivity index (χ3v) is 4.52. The molecule has 1 saturated heterocycles. The molecule has 3 rings (SSSR count). The minimum atomic E-state index is 0.768. The number of aromatic nitrogens is 2. The molecule has 18 heavy (non-hydrogen) atoms. The molecule has 1 aromatic rings. The van der Waals surface area contributed by atoms with E-state index in [0.717, 1.165) is 36.6 Å². The van der Waals surface area contributed by atoms with Crippen LogP contribution >= 0.6 is 0 Å². The topological polar surface area (TPSA) is 42.2 Å². The van der Waals surface area contributed by atoms with E-state index in [4.69, 9.17) is 4.52 Å². The maximum Gasteiger partial charge on any atom is 0.240 e. The molecule has 0 N–H and O–H groups in total. The molecule has 0 spiro atoms. The van der Waals surface area contributed by atoms with Gasteiger partial charge < -0.3 is 4.52 Å². The molecular formula is C14H23N3O. The van der Waals surface area contributed by atoms with Crippen LogP contribution in [0.5, 0.6) is 0 Å². The van der Waals surface area contributed by atoms with Gasteiger partial charge in [0, 0.05) is 12.5 Å². The minimum absolute atomic E-state index is 0.768. The van der Waals surface area contributed by atoms with Crippen LogP contribution in [0.1, 0.15) is 57.2 Å². The van der Waals surface area contributed by atoms with Gasteiger partial charge in [-0.05, 0) is 38.1 Å². The molecule has 1 aromatic heterocycles. The lowest BCUT2D eigenvalue weighted by molar-refractivity contribution is 0.0466. The van der Waals surface area contributed by atoms with E-state index in [9.17, 15) is 0 Å². The molecule has 2 atom stereocenters. The number of hydrogen-bond donors (Lipinski definition) is 0. The lowest BCUT2D eigenvalue weighted by Gasteiger charge is -2.43. The highest BCUT2D eigenvalue weighted by Crippen LogP contribution is 2.35. The van der Waals surface area contributed by atoms with E-state index < -0.39 is 0 Å². The van der Waals surface area contributed by atoms with Crippen molar-refractivity contribution in [2.75, 3.05) is 6.54 Å². The average molecular weight is 249 g/mol. The van der Waals surface area contributed by atoms with E-state index in [1.165, 1.54) is 45.1 Å². The van der Waals surface area contributed by atoms with Crippen LogP contribution in [0.15, 0.2) is 4.52 Å². The van der Waals surface area contributed by atoms with Crippen LogP contribution in [0, 0.1) is 5.92 Å². The van der Waals surface area contributed by atoms with Gasteiger partial charge in [0.2, 0.25) is 5.89 Å². The highest BCUT2D eigenvalue weighted by molar-refractivity contribution is 4.91. The molecular weight excluding hydrogens is 226 g/mol. The van der Waals surface area contributed by atoms with Gasteiger partial charge in [0.25, 0.3) is 0 Å². The molecule has 100 valence electrons. The van der Waals surface area contributed by atoms with E-state index in [2.05, 4.69) is 22.0 Å². The zero-order valence-electron chi connectivity index (χ0n) is 11.3. The number of fused-ring (bicyclic) bond motifs is 1. The van der Waals surface area contributed by atoms with Gasteiger partial charge in [-0.2, -0.15) is 4.98 Å². The van der Waals surface area contributed by atoms with Crippen molar-refractivity contribution < 1.29 is 4.52 Å². The number of likely N-dealkylation sites (tertiary alicyclic amines) is 1. The number of aryl methyl sites for hydroxylation is 1. The second-order valence-corrected chi connectivity index (χ2v) is 5.68. The molecule has 0 radical (unpaired) electrons. The molecule has 1 saturated carbocycles.